The van der Waals surface area contributed by atoms with Crippen LogP contribution in [0.3, 0.4) is 0 Å². The van der Waals surface area contributed by atoms with Crippen LogP contribution in [0.2, 0.25) is 0 Å². The van der Waals surface area contributed by atoms with Crippen molar-refractivity contribution >= 4 is 17.5 Å². The van der Waals surface area contributed by atoms with E-state index in [-0.39, 0.29) is 18.4 Å². The molecule has 6 nitrogen and oxygen atoms in total. The Labute approximate surface area is 161 Å². The molecule has 148 valence electrons. The van der Waals surface area contributed by atoms with Crippen LogP contribution in [0.15, 0.2) is 24.3 Å². The van der Waals surface area contributed by atoms with Crippen molar-refractivity contribution in [1.29, 1.82) is 0 Å². The van der Waals surface area contributed by atoms with E-state index < -0.39 is 6.10 Å². The SMILES string of the molecule is CC[C@H]1Oc2ccccc2N(CC(=O)NCCN2[C@H](C)CCC[C@@H]2C)C1=O. The van der Waals surface area contributed by atoms with Gasteiger partial charge in [0.15, 0.2) is 6.10 Å². The smallest absolute Gasteiger partial charge is 0.268 e. The molecule has 0 radical (unpaired) electrons. The Bertz CT molecular complexity index is 668. The van der Waals surface area contributed by atoms with Crippen LogP contribution in [0.25, 0.3) is 0 Å². The molecule has 2 aliphatic rings. The summed E-state index contributed by atoms with van der Waals surface area (Å²) in [5.74, 6) is 0.379. The summed E-state index contributed by atoms with van der Waals surface area (Å²) in [5.41, 5.74) is 0.667. The molecule has 0 aromatic heterocycles. The molecule has 1 N–H and O–H groups in total. The highest BCUT2D eigenvalue weighted by Crippen LogP contribution is 2.34. The van der Waals surface area contributed by atoms with Crippen LogP contribution in [0, 0.1) is 0 Å². The van der Waals surface area contributed by atoms with Gasteiger partial charge in [0.05, 0.1) is 5.69 Å². The minimum Gasteiger partial charge on any atom is -0.478 e. The fraction of sp³-hybridized carbons (Fsp3) is 0.619. The Balaban J connectivity index is 1.57. The van der Waals surface area contributed by atoms with Gasteiger partial charge in [0.25, 0.3) is 5.91 Å². The second kappa shape index (κ2) is 8.74. The number of nitrogens with zero attached hydrogens (tertiary/aromatic N) is 2. The van der Waals surface area contributed by atoms with Gasteiger partial charge >= 0.3 is 0 Å². The lowest BCUT2D eigenvalue weighted by molar-refractivity contribution is -0.129. The molecule has 0 saturated carbocycles. The Kier molecular flexibility index (Phi) is 6.37. The predicted octanol–water partition coefficient (Wildman–Crippen LogP) is 2.57. The molecule has 3 atom stereocenters. The van der Waals surface area contributed by atoms with Crippen LogP contribution >= 0.6 is 0 Å². The first-order chi connectivity index (χ1) is 13.0. The van der Waals surface area contributed by atoms with Gasteiger partial charge < -0.3 is 10.1 Å². The maximum atomic E-state index is 12.7. The first-order valence-electron chi connectivity index (χ1n) is 10.1. The van der Waals surface area contributed by atoms with Crippen LogP contribution in [0.5, 0.6) is 5.75 Å². The van der Waals surface area contributed by atoms with Gasteiger partial charge in [0.1, 0.15) is 12.3 Å². The van der Waals surface area contributed by atoms with Crippen molar-refractivity contribution in [3.63, 3.8) is 0 Å². The van der Waals surface area contributed by atoms with Crippen LogP contribution < -0.4 is 15.0 Å². The molecule has 1 saturated heterocycles. The maximum Gasteiger partial charge on any atom is 0.268 e. The average molecular weight is 373 g/mol. The molecule has 0 bridgehead atoms. The highest BCUT2D eigenvalue weighted by molar-refractivity contribution is 6.03. The number of para-hydroxylation sites is 2. The monoisotopic (exact) mass is 373 g/mol. The van der Waals surface area contributed by atoms with Gasteiger partial charge in [0.2, 0.25) is 5.91 Å². The largest absolute Gasteiger partial charge is 0.478 e. The number of amides is 2. The molecular weight excluding hydrogens is 342 g/mol. The minimum atomic E-state index is -0.525. The highest BCUT2D eigenvalue weighted by Gasteiger charge is 2.34. The van der Waals surface area contributed by atoms with E-state index in [1.807, 2.05) is 31.2 Å². The van der Waals surface area contributed by atoms with E-state index in [0.717, 1.165) is 6.54 Å². The molecule has 3 rings (SSSR count). The predicted molar refractivity (Wildman–Crippen MR) is 106 cm³/mol. The van der Waals surface area contributed by atoms with Gasteiger partial charge in [-0.25, -0.2) is 0 Å². The van der Waals surface area contributed by atoms with Crippen molar-refractivity contribution in [1.82, 2.24) is 10.2 Å². The molecule has 2 aliphatic heterocycles. The fourth-order valence-corrected chi connectivity index (χ4v) is 4.14. The summed E-state index contributed by atoms with van der Waals surface area (Å²) in [5, 5.41) is 2.99. The van der Waals surface area contributed by atoms with E-state index in [0.29, 0.717) is 36.5 Å². The second-order valence-electron chi connectivity index (χ2n) is 7.62. The van der Waals surface area contributed by atoms with Crippen molar-refractivity contribution in [2.75, 3.05) is 24.5 Å². The number of fused-ring (bicyclic) bond motifs is 1. The lowest BCUT2D eigenvalue weighted by Gasteiger charge is -2.39. The van der Waals surface area contributed by atoms with E-state index in [1.54, 1.807) is 4.90 Å². The third kappa shape index (κ3) is 4.43. The molecule has 2 heterocycles. The van der Waals surface area contributed by atoms with Gasteiger partial charge in [-0.05, 0) is 45.2 Å². The van der Waals surface area contributed by atoms with Crippen LogP contribution in [0.4, 0.5) is 5.69 Å². The number of hydrogen-bond donors (Lipinski definition) is 1. The molecule has 6 heteroatoms. The van der Waals surface area contributed by atoms with Gasteiger partial charge in [-0.2, -0.15) is 0 Å². The van der Waals surface area contributed by atoms with Gasteiger partial charge in [0, 0.05) is 25.2 Å². The lowest BCUT2D eigenvalue weighted by atomic mass is 9.98. The van der Waals surface area contributed by atoms with Crippen molar-refractivity contribution in [2.24, 2.45) is 0 Å². The normalized spacial score (nSPS) is 25.7. The number of ether oxygens (including phenoxy) is 1. The van der Waals surface area contributed by atoms with Crippen molar-refractivity contribution in [3.05, 3.63) is 24.3 Å². The van der Waals surface area contributed by atoms with Crippen LogP contribution in [-0.4, -0.2) is 54.5 Å². The van der Waals surface area contributed by atoms with E-state index >= 15 is 0 Å². The lowest BCUT2D eigenvalue weighted by Crippen LogP contribution is -2.51. The van der Waals surface area contributed by atoms with Crippen LogP contribution in [-0.2, 0) is 9.59 Å². The minimum absolute atomic E-state index is 0.0286. The summed E-state index contributed by atoms with van der Waals surface area (Å²) >= 11 is 0. The number of likely N-dealkylation sites (tertiary alicyclic amines) is 1. The summed E-state index contributed by atoms with van der Waals surface area (Å²) in [7, 11) is 0. The molecule has 0 spiro atoms. The number of rotatable bonds is 6. The number of anilines is 1. The topological polar surface area (TPSA) is 61.9 Å². The second-order valence-corrected chi connectivity index (χ2v) is 7.62. The number of carbonyl (C=O) groups is 2. The standard InChI is InChI=1S/C21H31N3O3/c1-4-18-21(26)24(17-10-5-6-11-19(17)27-18)14-20(25)22-12-13-23-15(2)8-7-9-16(23)3/h5-6,10-11,15-16,18H,4,7-9,12-14H2,1-3H3,(H,22,25)/t15-,16+,18-/m1/s1. The summed E-state index contributed by atoms with van der Waals surface area (Å²) in [6.45, 7) is 7.90. The zero-order valence-electron chi connectivity index (χ0n) is 16.6. The van der Waals surface area contributed by atoms with Gasteiger partial charge in [-0.15, -0.1) is 0 Å². The summed E-state index contributed by atoms with van der Waals surface area (Å²) in [6.07, 6.45) is 3.77. The molecule has 2 amide bonds. The van der Waals surface area contributed by atoms with Gasteiger partial charge in [-0.1, -0.05) is 25.5 Å². The number of nitrogens with one attached hydrogen (secondary N) is 1. The first kappa shape index (κ1) is 19.7. The number of benzene rings is 1. The summed E-state index contributed by atoms with van der Waals surface area (Å²) in [6, 6.07) is 8.51. The Morgan fingerprint density at radius 1 is 1.22 bits per heavy atom. The van der Waals surface area contributed by atoms with Crippen molar-refractivity contribution in [3.8, 4) is 5.75 Å². The zero-order chi connectivity index (χ0) is 19.4. The van der Waals surface area contributed by atoms with E-state index in [4.69, 9.17) is 4.74 Å². The molecule has 1 aromatic rings. The molecule has 0 aliphatic carbocycles. The molecule has 27 heavy (non-hydrogen) atoms. The molecule has 1 fully saturated rings. The quantitative estimate of drug-likeness (QED) is 0.833. The molecule has 1 aromatic carbocycles. The molecular formula is C21H31N3O3. The van der Waals surface area contributed by atoms with Crippen molar-refractivity contribution in [2.45, 2.75) is 64.6 Å². The molecule has 0 unspecified atom stereocenters. The first-order valence-corrected chi connectivity index (χ1v) is 10.1. The average Bonchev–Trinajstić information content (AvgIpc) is 2.66. The van der Waals surface area contributed by atoms with E-state index in [9.17, 15) is 9.59 Å². The summed E-state index contributed by atoms with van der Waals surface area (Å²) < 4.78 is 5.76. The highest BCUT2D eigenvalue weighted by atomic mass is 16.5. The fourth-order valence-electron chi connectivity index (χ4n) is 4.14. The third-order valence-electron chi connectivity index (χ3n) is 5.71. The number of piperidine rings is 1. The third-order valence-corrected chi connectivity index (χ3v) is 5.71. The summed E-state index contributed by atoms with van der Waals surface area (Å²) in [4.78, 5) is 29.2. The zero-order valence-corrected chi connectivity index (χ0v) is 16.6. The Morgan fingerprint density at radius 2 is 1.93 bits per heavy atom. The number of carbonyl (C=O) groups excluding carboxylic acids is 2. The Hall–Kier alpha value is -2.08. The van der Waals surface area contributed by atoms with E-state index in [1.165, 1.54) is 19.3 Å². The number of hydrogen-bond acceptors (Lipinski definition) is 4. The van der Waals surface area contributed by atoms with Crippen LogP contribution in [0.1, 0.15) is 46.5 Å². The Morgan fingerprint density at radius 3 is 2.63 bits per heavy atom. The maximum absolute atomic E-state index is 12.7. The van der Waals surface area contributed by atoms with Crippen molar-refractivity contribution < 1.29 is 14.3 Å². The van der Waals surface area contributed by atoms with E-state index in [2.05, 4.69) is 24.1 Å². The van der Waals surface area contributed by atoms with Gasteiger partial charge in [-0.3, -0.25) is 19.4 Å².